The summed E-state index contributed by atoms with van der Waals surface area (Å²) in [5.74, 6) is -1.03. The quantitative estimate of drug-likeness (QED) is 0.874. The van der Waals surface area contributed by atoms with E-state index in [1.807, 2.05) is 0 Å². The maximum atomic E-state index is 12.6. The Kier molecular flexibility index (Phi) is 5.39. The number of aliphatic carboxylic acids is 1. The van der Waals surface area contributed by atoms with E-state index in [1.54, 1.807) is 20.8 Å². The first-order valence-corrected chi connectivity index (χ1v) is 7.93. The van der Waals surface area contributed by atoms with Gasteiger partial charge in [0, 0.05) is 6.42 Å². The summed E-state index contributed by atoms with van der Waals surface area (Å²) in [7, 11) is 0. The average molecular weight is 375 g/mol. The number of alkyl halides is 3. The molecule has 1 fully saturated rings. The van der Waals surface area contributed by atoms with Crippen LogP contribution in [0.3, 0.4) is 0 Å². The highest BCUT2D eigenvalue weighted by Crippen LogP contribution is 2.31. The average Bonchev–Trinajstić information content (AvgIpc) is 2.89. The molecule has 1 heterocycles. The maximum Gasteiger partial charge on any atom is 0.416 e. The molecule has 0 saturated carbocycles. The molecular formula is C17H20F3NO5. The van der Waals surface area contributed by atoms with Crippen LogP contribution in [-0.2, 0) is 15.7 Å². The highest BCUT2D eigenvalue weighted by molar-refractivity contribution is 5.81. The third-order valence-corrected chi connectivity index (χ3v) is 3.66. The molecule has 0 bridgehead atoms. The van der Waals surface area contributed by atoms with Crippen LogP contribution < -0.4 is 4.74 Å². The Hall–Kier alpha value is -2.45. The van der Waals surface area contributed by atoms with E-state index in [9.17, 15) is 27.9 Å². The van der Waals surface area contributed by atoms with Gasteiger partial charge in [-0.1, -0.05) is 0 Å². The molecular weight excluding hydrogens is 355 g/mol. The molecule has 1 saturated heterocycles. The van der Waals surface area contributed by atoms with Crippen molar-refractivity contribution >= 4 is 12.1 Å². The van der Waals surface area contributed by atoms with Gasteiger partial charge in [-0.3, -0.25) is 4.90 Å². The second-order valence-electron chi connectivity index (χ2n) is 6.98. The number of carboxylic acid groups (broad SMARTS) is 1. The van der Waals surface area contributed by atoms with Crippen molar-refractivity contribution < 1.29 is 37.3 Å². The van der Waals surface area contributed by atoms with E-state index in [0.717, 1.165) is 29.2 Å². The van der Waals surface area contributed by atoms with E-state index >= 15 is 0 Å². The topological polar surface area (TPSA) is 76.1 Å². The van der Waals surface area contributed by atoms with Gasteiger partial charge in [0.1, 0.15) is 23.5 Å². The zero-order valence-electron chi connectivity index (χ0n) is 14.5. The second-order valence-corrected chi connectivity index (χ2v) is 6.98. The van der Waals surface area contributed by atoms with Crippen molar-refractivity contribution in [1.82, 2.24) is 4.90 Å². The molecule has 1 N–H and O–H groups in total. The highest BCUT2D eigenvalue weighted by atomic mass is 19.4. The van der Waals surface area contributed by atoms with Crippen LogP contribution in [-0.4, -0.2) is 46.4 Å². The summed E-state index contributed by atoms with van der Waals surface area (Å²) in [5, 5.41) is 9.31. The van der Waals surface area contributed by atoms with Crippen LogP contribution in [0.15, 0.2) is 24.3 Å². The predicted octanol–water partition coefficient (Wildman–Crippen LogP) is 3.55. The second kappa shape index (κ2) is 7.05. The molecule has 0 spiro atoms. The first-order chi connectivity index (χ1) is 11.9. The molecule has 26 heavy (non-hydrogen) atoms. The zero-order chi connectivity index (χ0) is 19.7. The maximum absolute atomic E-state index is 12.6. The number of benzene rings is 1. The van der Waals surface area contributed by atoms with Gasteiger partial charge in [0.15, 0.2) is 0 Å². The van der Waals surface area contributed by atoms with Crippen molar-refractivity contribution in [2.75, 3.05) is 6.54 Å². The standard InChI is InChI=1S/C17H20F3NO5/c1-16(2,3)26-15(24)21-9-12(8-13(21)14(22)23)25-11-6-4-10(5-7-11)17(18,19)20/h4-7,12-13H,8-9H2,1-3H3,(H,22,23). The SMILES string of the molecule is CC(C)(C)OC(=O)N1CC(Oc2ccc(C(F)(F)F)cc2)CC1C(=O)O. The number of rotatable bonds is 3. The van der Waals surface area contributed by atoms with E-state index in [-0.39, 0.29) is 18.7 Å². The fraction of sp³-hybridized carbons (Fsp3) is 0.529. The summed E-state index contributed by atoms with van der Waals surface area (Å²) < 4.78 is 48.5. The lowest BCUT2D eigenvalue weighted by atomic mass is 10.2. The van der Waals surface area contributed by atoms with Crippen molar-refractivity contribution in [3.8, 4) is 5.75 Å². The number of nitrogens with zero attached hydrogens (tertiary/aromatic N) is 1. The summed E-state index contributed by atoms with van der Waals surface area (Å²) >= 11 is 0. The first-order valence-electron chi connectivity index (χ1n) is 7.93. The lowest BCUT2D eigenvalue weighted by Gasteiger charge is -2.26. The summed E-state index contributed by atoms with van der Waals surface area (Å²) in [6.07, 6.45) is -5.88. The molecule has 0 aliphatic carbocycles. The van der Waals surface area contributed by atoms with E-state index in [1.165, 1.54) is 0 Å². The van der Waals surface area contributed by atoms with Gasteiger partial charge in [0.2, 0.25) is 0 Å². The third kappa shape index (κ3) is 5.03. The fourth-order valence-electron chi connectivity index (χ4n) is 2.55. The molecule has 144 valence electrons. The fourth-order valence-corrected chi connectivity index (χ4v) is 2.55. The number of amides is 1. The lowest BCUT2D eigenvalue weighted by Crippen LogP contribution is -2.43. The van der Waals surface area contributed by atoms with Crippen LogP contribution in [0.1, 0.15) is 32.8 Å². The molecule has 9 heteroatoms. The van der Waals surface area contributed by atoms with Gasteiger partial charge >= 0.3 is 18.2 Å². The summed E-state index contributed by atoms with van der Waals surface area (Å²) in [4.78, 5) is 24.7. The van der Waals surface area contributed by atoms with Gasteiger partial charge in [-0.05, 0) is 45.0 Å². The number of carboxylic acids is 1. The monoisotopic (exact) mass is 375 g/mol. The van der Waals surface area contributed by atoms with Crippen LogP contribution in [0, 0.1) is 0 Å². The van der Waals surface area contributed by atoms with Crippen molar-refractivity contribution in [1.29, 1.82) is 0 Å². The Morgan fingerprint density at radius 1 is 1.15 bits per heavy atom. The first kappa shape index (κ1) is 19.9. The van der Waals surface area contributed by atoms with Crippen molar-refractivity contribution in [2.45, 2.75) is 51.1 Å². The van der Waals surface area contributed by atoms with Crippen LogP contribution in [0.25, 0.3) is 0 Å². The predicted molar refractivity (Wildman–Crippen MR) is 84.8 cm³/mol. The Morgan fingerprint density at radius 2 is 1.73 bits per heavy atom. The molecule has 0 aromatic heterocycles. The van der Waals surface area contributed by atoms with Crippen molar-refractivity contribution in [3.05, 3.63) is 29.8 Å². The van der Waals surface area contributed by atoms with Gasteiger partial charge in [0.05, 0.1) is 12.1 Å². The van der Waals surface area contributed by atoms with Gasteiger partial charge in [-0.15, -0.1) is 0 Å². The van der Waals surface area contributed by atoms with Gasteiger partial charge in [-0.25, -0.2) is 9.59 Å². The van der Waals surface area contributed by atoms with Gasteiger partial charge in [0.25, 0.3) is 0 Å². The molecule has 1 amide bonds. The van der Waals surface area contributed by atoms with Gasteiger partial charge in [-0.2, -0.15) is 13.2 Å². The molecule has 1 aromatic rings. The molecule has 1 aliphatic rings. The van der Waals surface area contributed by atoms with E-state index in [4.69, 9.17) is 9.47 Å². The number of carbonyl (C=O) groups excluding carboxylic acids is 1. The smallest absolute Gasteiger partial charge is 0.416 e. The Bertz CT molecular complexity index is 666. The lowest BCUT2D eigenvalue weighted by molar-refractivity contribution is -0.142. The van der Waals surface area contributed by atoms with Crippen LogP contribution in [0.4, 0.5) is 18.0 Å². The molecule has 2 rings (SSSR count). The Balaban J connectivity index is 2.07. The summed E-state index contributed by atoms with van der Waals surface area (Å²) in [6, 6.07) is 2.96. The summed E-state index contributed by atoms with van der Waals surface area (Å²) in [5.41, 5.74) is -1.60. The highest BCUT2D eigenvalue weighted by Gasteiger charge is 2.42. The number of hydrogen-bond donors (Lipinski definition) is 1. The van der Waals surface area contributed by atoms with Crippen LogP contribution in [0.2, 0.25) is 0 Å². The van der Waals surface area contributed by atoms with Crippen molar-refractivity contribution in [2.24, 2.45) is 0 Å². The Labute approximate surface area is 148 Å². The zero-order valence-corrected chi connectivity index (χ0v) is 14.5. The normalized spacial score (nSPS) is 20.8. The minimum absolute atomic E-state index is 0.00952. The molecule has 2 unspecified atom stereocenters. The molecule has 2 atom stereocenters. The van der Waals surface area contributed by atoms with Crippen LogP contribution >= 0.6 is 0 Å². The van der Waals surface area contributed by atoms with E-state index in [2.05, 4.69) is 0 Å². The number of likely N-dealkylation sites (tertiary alicyclic amines) is 1. The summed E-state index contributed by atoms with van der Waals surface area (Å²) in [6.45, 7) is 4.94. The number of carbonyl (C=O) groups is 2. The van der Waals surface area contributed by atoms with E-state index in [0.29, 0.717) is 0 Å². The Morgan fingerprint density at radius 3 is 2.19 bits per heavy atom. The number of hydrogen-bond acceptors (Lipinski definition) is 4. The molecule has 1 aromatic carbocycles. The molecule has 0 radical (unpaired) electrons. The van der Waals surface area contributed by atoms with E-state index < -0.39 is 41.5 Å². The van der Waals surface area contributed by atoms with Gasteiger partial charge < -0.3 is 14.6 Å². The van der Waals surface area contributed by atoms with Crippen molar-refractivity contribution in [3.63, 3.8) is 0 Å². The number of ether oxygens (including phenoxy) is 2. The third-order valence-electron chi connectivity index (χ3n) is 3.66. The largest absolute Gasteiger partial charge is 0.488 e. The minimum Gasteiger partial charge on any atom is -0.488 e. The number of halogens is 3. The molecule has 1 aliphatic heterocycles. The molecule has 6 nitrogen and oxygen atoms in total. The minimum atomic E-state index is -4.45. The van der Waals surface area contributed by atoms with Crippen LogP contribution in [0.5, 0.6) is 5.75 Å².